The number of benzene rings is 3. The molecule has 1 atom stereocenters. The summed E-state index contributed by atoms with van der Waals surface area (Å²) in [4.78, 5) is 32.1. The number of hydrazone groups is 1. The third-order valence-electron chi connectivity index (χ3n) is 6.99. The highest BCUT2D eigenvalue weighted by Gasteiger charge is 2.51. The minimum Gasteiger partial charge on any atom is -0.356 e. The van der Waals surface area contributed by atoms with Crippen LogP contribution in [0.25, 0.3) is 21.7 Å². The molecule has 1 aromatic heterocycles. The van der Waals surface area contributed by atoms with E-state index in [4.69, 9.17) is 0 Å². The maximum absolute atomic E-state index is 13.6. The highest BCUT2D eigenvalue weighted by molar-refractivity contribution is 6.01. The first-order chi connectivity index (χ1) is 15.9. The van der Waals surface area contributed by atoms with Crippen molar-refractivity contribution in [3.05, 3.63) is 83.6 Å². The highest BCUT2D eigenvalue weighted by atomic mass is 16.2. The van der Waals surface area contributed by atoms with Crippen molar-refractivity contribution in [2.75, 3.05) is 6.54 Å². The first-order valence-electron chi connectivity index (χ1n) is 11.2. The van der Waals surface area contributed by atoms with Crippen LogP contribution in [0.15, 0.2) is 71.8 Å². The van der Waals surface area contributed by atoms with Crippen LogP contribution in [0, 0.1) is 0 Å². The number of para-hydroxylation sites is 1. The standard InChI is InChI=1S/C27H24N4O2/c1-27(2)25-21(20-12-5-6-13-22(20)29-25)14-23-26(33)30(16-24(32)31(23)27)28-15-18-10-7-9-17-8-3-4-11-19(17)18/h3-13,15,23,29H,14,16H2,1-2H3/b28-15+/t23-/m0/s1. The molecule has 3 aromatic carbocycles. The third kappa shape index (κ3) is 2.90. The second-order valence-corrected chi connectivity index (χ2v) is 9.28. The number of H-pyrrole nitrogens is 1. The van der Waals surface area contributed by atoms with Crippen LogP contribution in [0.4, 0.5) is 0 Å². The van der Waals surface area contributed by atoms with Gasteiger partial charge >= 0.3 is 0 Å². The predicted octanol–water partition coefficient (Wildman–Crippen LogP) is 4.19. The Balaban J connectivity index is 1.38. The Morgan fingerprint density at radius 2 is 1.70 bits per heavy atom. The van der Waals surface area contributed by atoms with Gasteiger partial charge in [-0.25, -0.2) is 5.01 Å². The number of carbonyl (C=O) groups excluding carboxylic acids is 2. The number of carbonyl (C=O) groups is 2. The van der Waals surface area contributed by atoms with Gasteiger partial charge in [0, 0.05) is 28.6 Å². The molecule has 0 bridgehead atoms. The molecule has 0 unspecified atom stereocenters. The number of hydrogen-bond acceptors (Lipinski definition) is 3. The zero-order valence-corrected chi connectivity index (χ0v) is 18.6. The van der Waals surface area contributed by atoms with Crippen LogP contribution in [0.5, 0.6) is 0 Å². The van der Waals surface area contributed by atoms with E-state index in [1.807, 2.05) is 74.5 Å². The summed E-state index contributed by atoms with van der Waals surface area (Å²) in [5.41, 5.74) is 3.45. The lowest BCUT2D eigenvalue weighted by Gasteiger charge is -2.50. The lowest BCUT2D eigenvalue weighted by atomic mass is 9.82. The molecule has 6 rings (SSSR count). The molecule has 164 valence electrons. The summed E-state index contributed by atoms with van der Waals surface area (Å²) in [7, 11) is 0. The van der Waals surface area contributed by atoms with Crippen LogP contribution < -0.4 is 0 Å². The molecule has 1 saturated heterocycles. The minimum atomic E-state index is -0.616. The fraction of sp³-hybridized carbons (Fsp3) is 0.222. The summed E-state index contributed by atoms with van der Waals surface area (Å²) in [5.74, 6) is -0.237. The summed E-state index contributed by atoms with van der Waals surface area (Å²) in [6.07, 6.45) is 2.17. The first kappa shape index (κ1) is 19.7. The normalized spacial score (nSPS) is 20.0. The fourth-order valence-corrected chi connectivity index (χ4v) is 5.46. The smallest absolute Gasteiger partial charge is 0.266 e. The molecule has 0 saturated carbocycles. The molecule has 2 aliphatic heterocycles. The number of fused-ring (bicyclic) bond motifs is 5. The molecule has 1 N–H and O–H groups in total. The van der Waals surface area contributed by atoms with Gasteiger partial charge in [0.2, 0.25) is 5.91 Å². The van der Waals surface area contributed by atoms with Gasteiger partial charge in [-0.1, -0.05) is 60.7 Å². The average molecular weight is 437 g/mol. The van der Waals surface area contributed by atoms with Gasteiger partial charge in [-0.15, -0.1) is 0 Å². The molecule has 0 radical (unpaired) electrons. The van der Waals surface area contributed by atoms with Gasteiger partial charge < -0.3 is 9.88 Å². The Morgan fingerprint density at radius 3 is 2.55 bits per heavy atom. The van der Waals surface area contributed by atoms with Crippen LogP contribution in [-0.2, 0) is 21.5 Å². The topological polar surface area (TPSA) is 68.8 Å². The minimum absolute atomic E-state index is 0.0599. The number of hydrogen-bond donors (Lipinski definition) is 1. The number of nitrogens with one attached hydrogen (secondary N) is 1. The molecule has 6 nitrogen and oxygen atoms in total. The van der Waals surface area contributed by atoms with Gasteiger partial charge in [-0.3, -0.25) is 9.59 Å². The summed E-state index contributed by atoms with van der Waals surface area (Å²) in [6, 6.07) is 21.6. The van der Waals surface area contributed by atoms with Crippen LogP contribution in [0.2, 0.25) is 0 Å². The maximum Gasteiger partial charge on any atom is 0.266 e. The van der Waals surface area contributed by atoms with E-state index in [2.05, 4.69) is 16.2 Å². The van der Waals surface area contributed by atoms with E-state index in [-0.39, 0.29) is 18.4 Å². The van der Waals surface area contributed by atoms with E-state index in [1.54, 1.807) is 11.1 Å². The van der Waals surface area contributed by atoms with Gasteiger partial charge in [-0.2, -0.15) is 5.10 Å². The SMILES string of the molecule is CC1(C)c2[nH]c3ccccc3c2C[C@H]2C(=O)N(/N=C/c3cccc4ccccc34)CC(=O)N21. The lowest BCUT2D eigenvalue weighted by Crippen LogP contribution is -2.66. The summed E-state index contributed by atoms with van der Waals surface area (Å²) >= 11 is 0. The molecular formula is C27H24N4O2. The Kier molecular flexibility index (Phi) is 4.21. The number of rotatable bonds is 2. The zero-order valence-electron chi connectivity index (χ0n) is 18.6. The Bertz CT molecular complexity index is 1460. The number of amides is 2. The van der Waals surface area contributed by atoms with Crippen molar-refractivity contribution >= 4 is 39.7 Å². The summed E-state index contributed by atoms with van der Waals surface area (Å²) in [6.45, 7) is 3.96. The summed E-state index contributed by atoms with van der Waals surface area (Å²) in [5, 5.41) is 9.09. The van der Waals surface area contributed by atoms with Crippen molar-refractivity contribution in [1.82, 2.24) is 14.9 Å². The van der Waals surface area contributed by atoms with Crippen LogP contribution >= 0.6 is 0 Å². The largest absolute Gasteiger partial charge is 0.356 e. The second-order valence-electron chi connectivity index (χ2n) is 9.28. The van der Waals surface area contributed by atoms with Crippen LogP contribution in [0.3, 0.4) is 0 Å². The average Bonchev–Trinajstić information content (AvgIpc) is 3.20. The van der Waals surface area contributed by atoms with Crippen molar-refractivity contribution < 1.29 is 9.59 Å². The zero-order chi connectivity index (χ0) is 22.7. The lowest BCUT2D eigenvalue weighted by molar-refractivity contribution is -0.163. The Hall–Kier alpha value is -3.93. The summed E-state index contributed by atoms with van der Waals surface area (Å²) < 4.78 is 0. The van der Waals surface area contributed by atoms with E-state index in [0.717, 1.165) is 38.5 Å². The number of nitrogens with zero attached hydrogens (tertiary/aromatic N) is 3. The number of aromatic amines is 1. The van der Waals surface area contributed by atoms with Crippen LogP contribution in [0.1, 0.15) is 30.7 Å². The molecular weight excluding hydrogens is 412 g/mol. The molecule has 2 amide bonds. The monoisotopic (exact) mass is 436 g/mol. The Labute approximate surface area is 191 Å². The van der Waals surface area contributed by atoms with Crippen molar-refractivity contribution in [3.8, 4) is 0 Å². The van der Waals surface area contributed by atoms with Gasteiger partial charge in [0.15, 0.2) is 0 Å². The molecule has 3 heterocycles. The molecule has 33 heavy (non-hydrogen) atoms. The first-order valence-corrected chi connectivity index (χ1v) is 11.2. The second kappa shape index (κ2) is 7.04. The van der Waals surface area contributed by atoms with Crippen molar-refractivity contribution in [1.29, 1.82) is 0 Å². The van der Waals surface area contributed by atoms with E-state index in [1.165, 1.54) is 5.01 Å². The Morgan fingerprint density at radius 1 is 0.970 bits per heavy atom. The van der Waals surface area contributed by atoms with E-state index >= 15 is 0 Å². The molecule has 0 spiro atoms. The van der Waals surface area contributed by atoms with Crippen LogP contribution in [-0.4, -0.2) is 45.5 Å². The van der Waals surface area contributed by atoms with E-state index in [9.17, 15) is 9.59 Å². The maximum atomic E-state index is 13.6. The third-order valence-corrected chi connectivity index (χ3v) is 6.99. The van der Waals surface area contributed by atoms with Gasteiger partial charge in [0.25, 0.3) is 5.91 Å². The van der Waals surface area contributed by atoms with E-state index in [0.29, 0.717) is 6.42 Å². The molecule has 2 aliphatic rings. The quantitative estimate of drug-likeness (QED) is 0.479. The molecule has 6 heteroatoms. The number of piperazine rings is 1. The van der Waals surface area contributed by atoms with Crippen molar-refractivity contribution in [2.45, 2.75) is 31.8 Å². The fourth-order valence-electron chi connectivity index (χ4n) is 5.46. The van der Waals surface area contributed by atoms with Gasteiger partial charge in [0.1, 0.15) is 12.6 Å². The highest BCUT2D eigenvalue weighted by Crippen LogP contribution is 2.42. The van der Waals surface area contributed by atoms with Crippen molar-refractivity contribution in [3.63, 3.8) is 0 Å². The van der Waals surface area contributed by atoms with Crippen molar-refractivity contribution in [2.24, 2.45) is 5.10 Å². The molecule has 4 aromatic rings. The number of aromatic nitrogens is 1. The molecule has 0 aliphatic carbocycles. The van der Waals surface area contributed by atoms with E-state index < -0.39 is 11.6 Å². The van der Waals surface area contributed by atoms with Gasteiger partial charge in [0.05, 0.1) is 11.8 Å². The molecule has 1 fully saturated rings. The predicted molar refractivity (Wildman–Crippen MR) is 129 cm³/mol. The van der Waals surface area contributed by atoms with Gasteiger partial charge in [-0.05, 0) is 36.2 Å².